The van der Waals surface area contributed by atoms with Crippen LogP contribution in [-0.4, -0.2) is 31.3 Å². The molecule has 4 heteroatoms. The number of ether oxygens (including phenoxy) is 1. The quantitative estimate of drug-likeness (QED) is 0.880. The third-order valence-corrected chi connectivity index (χ3v) is 5.31. The molecule has 0 saturated carbocycles. The van der Waals surface area contributed by atoms with Crippen LogP contribution in [0.25, 0.3) is 0 Å². The molecule has 1 heterocycles. The van der Waals surface area contributed by atoms with E-state index in [4.69, 9.17) is 4.74 Å². The van der Waals surface area contributed by atoms with Crippen molar-refractivity contribution in [3.8, 4) is 5.75 Å². The molecule has 1 aliphatic heterocycles. The van der Waals surface area contributed by atoms with Crippen LogP contribution in [0.3, 0.4) is 0 Å². The lowest BCUT2D eigenvalue weighted by atomic mass is 9.74. The Kier molecular flexibility index (Phi) is 4.77. The Morgan fingerprint density at radius 1 is 1.45 bits per heavy atom. The summed E-state index contributed by atoms with van der Waals surface area (Å²) in [5, 5.41) is 11.3. The highest BCUT2D eigenvalue weighted by Gasteiger charge is 2.45. The van der Waals surface area contributed by atoms with Gasteiger partial charge in [-0.25, -0.2) is 0 Å². The maximum atomic E-state index is 11.3. The van der Waals surface area contributed by atoms with Crippen molar-refractivity contribution in [3.63, 3.8) is 0 Å². The number of quaternary nitrogens is 1. The normalized spacial score (nSPS) is 34.0. The Balaban J connectivity index is 2.40. The Labute approximate surface area is 130 Å². The molecule has 0 amide bonds. The average molecular weight is 343 g/mol. The number of hydrogen-bond donors (Lipinski definition) is 2. The molecule has 0 spiro atoms. The first-order chi connectivity index (χ1) is 9.38. The molecular weight excluding hydrogens is 318 g/mol. The van der Waals surface area contributed by atoms with E-state index in [2.05, 4.69) is 36.8 Å². The Hall–Kier alpha value is -0.580. The van der Waals surface area contributed by atoms with Crippen molar-refractivity contribution in [2.24, 2.45) is 5.92 Å². The standard InChI is InChI=1S/C16H24BrNO2/c1-5-20-13-6-7-15(17)14(8-13)16(19)9-12(3)18(4)10-11(16)2/h6-8,11-12,19H,5,9-10H2,1-4H3/p+1/t11-,12-,16-/m0/s1. The molecule has 2 rings (SSSR count). The number of nitrogens with one attached hydrogen (secondary N) is 1. The Bertz CT molecular complexity index is 480. The van der Waals surface area contributed by atoms with Gasteiger partial charge < -0.3 is 14.7 Å². The fourth-order valence-electron chi connectivity index (χ4n) is 3.16. The van der Waals surface area contributed by atoms with Crippen LogP contribution < -0.4 is 9.64 Å². The van der Waals surface area contributed by atoms with Crippen molar-refractivity contribution in [3.05, 3.63) is 28.2 Å². The molecule has 0 bridgehead atoms. The van der Waals surface area contributed by atoms with Crippen LogP contribution in [0, 0.1) is 5.92 Å². The summed E-state index contributed by atoms with van der Waals surface area (Å²) in [5.41, 5.74) is 0.167. The maximum Gasteiger partial charge on any atom is 0.119 e. The lowest BCUT2D eigenvalue weighted by Crippen LogP contribution is -3.15. The van der Waals surface area contributed by atoms with Gasteiger partial charge in [0.15, 0.2) is 0 Å². The molecule has 1 fully saturated rings. The van der Waals surface area contributed by atoms with Gasteiger partial charge >= 0.3 is 0 Å². The summed E-state index contributed by atoms with van der Waals surface area (Å²) in [4.78, 5) is 1.49. The van der Waals surface area contributed by atoms with Crippen molar-refractivity contribution in [2.75, 3.05) is 20.2 Å². The van der Waals surface area contributed by atoms with Gasteiger partial charge in [-0.15, -0.1) is 0 Å². The lowest BCUT2D eigenvalue weighted by Gasteiger charge is -2.44. The smallest absolute Gasteiger partial charge is 0.119 e. The van der Waals surface area contributed by atoms with Gasteiger partial charge in [0.05, 0.1) is 26.2 Å². The molecule has 4 atom stereocenters. The van der Waals surface area contributed by atoms with Crippen LogP contribution >= 0.6 is 15.9 Å². The first-order valence-electron chi connectivity index (χ1n) is 7.36. The summed E-state index contributed by atoms with van der Waals surface area (Å²) in [5.74, 6) is 1.04. The largest absolute Gasteiger partial charge is 0.494 e. The van der Waals surface area contributed by atoms with Gasteiger partial charge in [-0.2, -0.15) is 0 Å². The van der Waals surface area contributed by atoms with E-state index < -0.39 is 5.60 Å². The van der Waals surface area contributed by atoms with E-state index in [0.717, 1.165) is 28.8 Å². The topological polar surface area (TPSA) is 33.9 Å². The third-order valence-electron chi connectivity index (χ3n) is 4.62. The molecule has 0 aliphatic carbocycles. The van der Waals surface area contributed by atoms with E-state index in [9.17, 15) is 5.11 Å². The third kappa shape index (κ3) is 2.87. The molecule has 1 saturated heterocycles. The summed E-state index contributed by atoms with van der Waals surface area (Å²) in [7, 11) is 2.20. The van der Waals surface area contributed by atoms with Crippen molar-refractivity contribution >= 4 is 15.9 Å². The highest BCUT2D eigenvalue weighted by molar-refractivity contribution is 9.10. The predicted octanol–water partition coefficient (Wildman–Crippen LogP) is 1.98. The van der Waals surface area contributed by atoms with Crippen LogP contribution in [0.5, 0.6) is 5.75 Å². The Morgan fingerprint density at radius 3 is 2.80 bits per heavy atom. The molecule has 1 unspecified atom stereocenters. The van der Waals surface area contributed by atoms with E-state index in [0.29, 0.717) is 12.6 Å². The van der Waals surface area contributed by atoms with E-state index in [-0.39, 0.29) is 5.92 Å². The zero-order chi connectivity index (χ0) is 14.9. The lowest BCUT2D eigenvalue weighted by molar-refractivity contribution is -0.916. The average Bonchev–Trinajstić information content (AvgIpc) is 2.39. The molecule has 1 aromatic rings. The van der Waals surface area contributed by atoms with E-state index in [1.807, 2.05) is 25.1 Å². The molecule has 1 aliphatic rings. The minimum absolute atomic E-state index is 0.215. The highest BCUT2D eigenvalue weighted by atomic mass is 79.9. The zero-order valence-electron chi connectivity index (χ0n) is 12.7. The van der Waals surface area contributed by atoms with Gasteiger partial charge in [0.1, 0.15) is 11.4 Å². The maximum absolute atomic E-state index is 11.3. The number of piperidine rings is 1. The SMILES string of the molecule is CCOc1ccc(Br)c([C@]2(O)C[C@H](C)[NH+](C)C[C@@H]2C)c1. The summed E-state index contributed by atoms with van der Waals surface area (Å²) in [6.07, 6.45) is 0.772. The van der Waals surface area contributed by atoms with Crippen LogP contribution in [-0.2, 0) is 5.60 Å². The van der Waals surface area contributed by atoms with Crippen molar-refractivity contribution < 1.29 is 14.7 Å². The number of hydrogen-bond acceptors (Lipinski definition) is 2. The van der Waals surface area contributed by atoms with Crippen molar-refractivity contribution in [1.82, 2.24) is 0 Å². The predicted molar refractivity (Wildman–Crippen MR) is 84.2 cm³/mol. The molecule has 112 valence electrons. The number of halogens is 1. The second-order valence-corrected chi connectivity index (χ2v) is 6.91. The van der Waals surface area contributed by atoms with Crippen LogP contribution in [0.1, 0.15) is 32.8 Å². The first-order valence-corrected chi connectivity index (χ1v) is 8.15. The summed E-state index contributed by atoms with van der Waals surface area (Å²) in [6, 6.07) is 6.34. The van der Waals surface area contributed by atoms with Gasteiger partial charge in [0.2, 0.25) is 0 Å². The van der Waals surface area contributed by atoms with Crippen LogP contribution in [0.2, 0.25) is 0 Å². The van der Waals surface area contributed by atoms with Gasteiger partial charge in [0.25, 0.3) is 0 Å². The number of likely N-dealkylation sites (tertiary alicyclic amines) is 1. The number of benzene rings is 1. The van der Waals surface area contributed by atoms with Gasteiger partial charge in [-0.3, -0.25) is 0 Å². The number of aliphatic hydroxyl groups is 1. The minimum atomic E-state index is -0.787. The Morgan fingerprint density at radius 2 is 2.15 bits per heavy atom. The van der Waals surface area contributed by atoms with Crippen LogP contribution in [0.15, 0.2) is 22.7 Å². The fraction of sp³-hybridized carbons (Fsp3) is 0.625. The molecule has 1 aromatic carbocycles. The fourth-order valence-corrected chi connectivity index (χ4v) is 3.75. The molecule has 2 N–H and O–H groups in total. The molecular formula is C16H25BrNO2+. The second-order valence-electron chi connectivity index (χ2n) is 6.06. The molecule has 3 nitrogen and oxygen atoms in total. The number of rotatable bonds is 3. The van der Waals surface area contributed by atoms with E-state index in [1.54, 1.807) is 0 Å². The van der Waals surface area contributed by atoms with Gasteiger partial charge in [0, 0.05) is 22.4 Å². The summed E-state index contributed by atoms with van der Waals surface area (Å²) in [6.45, 7) is 7.92. The highest BCUT2D eigenvalue weighted by Crippen LogP contribution is 2.40. The molecule has 20 heavy (non-hydrogen) atoms. The van der Waals surface area contributed by atoms with Crippen molar-refractivity contribution in [2.45, 2.75) is 38.8 Å². The first kappa shape index (κ1) is 15.8. The van der Waals surface area contributed by atoms with E-state index in [1.165, 1.54) is 4.90 Å². The monoisotopic (exact) mass is 342 g/mol. The summed E-state index contributed by atoms with van der Waals surface area (Å²) < 4.78 is 6.54. The minimum Gasteiger partial charge on any atom is -0.494 e. The van der Waals surface area contributed by atoms with Crippen molar-refractivity contribution in [1.29, 1.82) is 0 Å². The zero-order valence-corrected chi connectivity index (χ0v) is 14.3. The van der Waals surface area contributed by atoms with Gasteiger partial charge in [-0.05, 0) is 32.0 Å². The van der Waals surface area contributed by atoms with E-state index >= 15 is 0 Å². The van der Waals surface area contributed by atoms with Gasteiger partial charge in [-0.1, -0.05) is 22.9 Å². The second kappa shape index (κ2) is 6.04. The molecule has 0 radical (unpaired) electrons. The summed E-state index contributed by atoms with van der Waals surface area (Å²) >= 11 is 3.59. The molecule has 0 aromatic heterocycles. The van der Waals surface area contributed by atoms with Crippen LogP contribution in [0.4, 0.5) is 0 Å².